The molecule has 212 valence electrons. The number of anilines is 2. The number of pyridine rings is 1. The number of benzene rings is 2. The number of carbonyl (C=O) groups excluding carboxylic acids is 2. The molecule has 1 aliphatic carbocycles. The van der Waals surface area contributed by atoms with Gasteiger partial charge in [0.2, 0.25) is 23.1 Å². The van der Waals surface area contributed by atoms with E-state index in [1.54, 1.807) is 19.2 Å². The van der Waals surface area contributed by atoms with E-state index in [4.69, 9.17) is 31.5 Å². The van der Waals surface area contributed by atoms with Crippen LogP contribution in [0.5, 0.6) is 17.2 Å². The number of rotatable bonds is 3. The zero-order valence-electron chi connectivity index (χ0n) is 22.7. The highest BCUT2D eigenvalue weighted by molar-refractivity contribution is 6.36. The van der Waals surface area contributed by atoms with Gasteiger partial charge in [0.1, 0.15) is 27.9 Å². The van der Waals surface area contributed by atoms with Crippen molar-refractivity contribution in [3.05, 3.63) is 85.9 Å². The lowest BCUT2D eigenvalue weighted by atomic mass is 9.66. The van der Waals surface area contributed by atoms with Crippen LogP contribution in [0.1, 0.15) is 40.7 Å². The highest BCUT2D eigenvalue weighted by Crippen LogP contribution is 2.56. The number of methoxy groups -OCH3 is 2. The molecule has 3 atom stereocenters. The number of ketones is 2. The third-order valence-electron chi connectivity index (χ3n) is 8.31. The predicted octanol–water partition coefficient (Wildman–Crippen LogP) is 4.01. The number of nitrogens with zero attached hydrogens (tertiary/aromatic N) is 2. The van der Waals surface area contributed by atoms with Crippen LogP contribution in [0.25, 0.3) is 10.9 Å². The molecule has 0 amide bonds. The first-order valence-electron chi connectivity index (χ1n) is 13.2. The molecule has 0 fully saturated rings. The highest BCUT2D eigenvalue weighted by atomic mass is 35.5. The van der Waals surface area contributed by atoms with Crippen LogP contribution in [0.15, 0.2) is 58.7 Å². The maximum absolute atomic E-state index is 14.8. The summed E-state index contributed by atoms with van der Waals surface area (Å²) >= 11 is 6.60. The quantitative estimate of drug-likeness (QED) is 0.300. The lowest BCUT2D eigenvalue weighted by molar-refractivity contribution is -0.130. The van der Waals surface area contributed by atoms with E-state index in [2.05, 4.69) is 20.3 Å². The average molecular weight is 586 g/mol. The van der Waals surface area contributed by atoms with E-state index in [0.717, 1.165) is 10.9 Å². The van der Waals surface area contributed by atoms with Crippen LogP contribution < -0.4 is 30.8 Å². The monoisotopic (exact) mass is 585 g/mol. The predicted molar refractivity (Wildman–Crippen MR) is 155 cm³/mol. The molecule has 0 radical (unpaired) electrons. The molecule has 1 spiro atoms. The van der Waals surface area contributed by atoms with Gasteiger partial charge in [-0.25, -0.2) is 0 Å². The minimum Gasteiger partial charge on any atom is -0.496 e. The summed E-state index contributed by atoms with van der Waals surface area (Å²) < 4.78 is 17.2. The normalized spacial score (nSPS) is 22.4. The number of hydrogen-bond donors (Lipinski definition) is 3. The van der Waals surface area contributed by atoms with Gasteiger partial charge in [-0.3, -0.25) is 24.4 Å². The van der Waals surface area contributed by atoms with E-state index in [0.29, 0.717) is 11.3 Å². The second-order valence-corrected chi connectivity index (χ2v) is 10.9. The summed E-state index contributed by atoms with van der Waals surface area (Å²) in [5.41, 5.74) is 5.84. The number of nitrogens with two attached hydrogens (primary N) is 1. The average Bonchev–Trinajstić information content (AvgIpc) is 3.29. The number of nitrogens with one attached hydrogen (secondary N) is 2. The first-order valence-corrected chi connectivity index (χ1v) is 13.5. The van der Waals surface area contributed by atoms with Gasteiger partial charge in [-0.2, -0.15) is 4.98 Å². The van der Waals surface area contributed by atoms with Crippen molar-refractivity contribution in [3.63, 3.8) is 0 Å². The Morgan fingerprint density at radius 1 is 1.10 bits per heavy atom. The van der Waals surface area contributed by atoms with E-state index in [9.17, 15) is 14.4 Å². The Morgan fingerprint density at radius 2 is 1.88 bits per heavy atom. The summed E-state index contributed by atoms with van der Waals surface area (Å²) in [6.45, 7) is 1.76. The van der Waals surface area contributed by atoms with Crippen molar-refractivity contribution < 1.29 is 23.8 Å². The zero-order valence-corrected chi connectivity index (χ0v) is 23.5. The van der Waals surface area contributed by atoms with Crippen molar-refractivity contribution in [3.8, 4) is 17.2 Å². The van der Waals surface area contributed by atoms with Gasteiger partial charge in [-0.05, 0) is 30.2 Å². The highest BCUT2D eigenvalue weighted by Gasteiger charge is 2.63. The molecule has 2 aromatic carbocycles. The molecule has 2 aliphatic heterocycles. The Bertz CT molecular complexity index is 1970. The number of hydrogen-bond acceptors (Lipinski definition) is 10. The Kier molecular flexibility index (Phi) is 5.61. The molecular weight excluding hydrogens is 562 g/mol. The summed E-state index contributed by atoms with van der Waals surface area (Å²) in [7, 11) is 2.84. The number of nitrogen functional groups attached to an aromatic ring is 1. The Morgan fingerprint density at radius 3 is 2.64 bits per heavy atom. The number of Topliss-reactive ketones (excluding diaryl/α,β-unsaturated/α-hetero) is 2. The van der Waals surface area contributed by atoms with Crippen LogP contribution in [0, 0.1) is 5.92 Å². The van der Waals surface area contributed by atoms with Gasteiger partial charge < -0.3 is 25.3 Å². The minimum atomic E-state index is -1.95. The number of halogens is 1. The fraction of sp³-hybridized carbons (Fsp3) is 0.233. The van der Waals surface area contributed by atoms with Gasteiger partial charge in [-0.15, -0.1) is 0 Å². The maximum Gasteiger partial charge on any atom is 0.258 e. The van der Waals surface area contributed by atoms with Crippen LogP contribution in [0.2, 0.25) is 5.02 Å². The molecule has 2 aromatic heterocycles. The van der Waals surface area contributed by atoms with Crippen molar-refractivity contribution in [2.45, 2.75) is 24.9 Å². The first-order chi connectivity index (χ1) is 20.2. The lowest BCUT2D eigenvalue weighted by Crippen LogP contribution is -2.58. The van der Waals surface area contributed by atoms with Gasteiger partial charge in [0.15, 0.2) is 5.75 Å². The molecule has 42 heavy (non-hydrogen) atoms. The third-order valence-corrected chi connectivity index (χ3v) is 8.67. The van der Waals surface area contributed by atoms with E-state index < -0.39 is 34.6 Å². The van der Waals surface area contributed by atoms with E-state index in [1.165, 1.54) is 20.3 Å². The van der Waals surface area contributed by atoms with E-state index in [1.807, 2.05) is 24.3 Å². The summed E-state index contributed by atoms with van der Waals surface area (Å²) in [5, 5.41) is 4.04. The minimum absolute atomic E-state index is 0.0203. The van der Waals surface area contributed by atoms with Crippen LogP contribution >= 0.6 is 11.6 Å². The Labute approximate surface area is 243 Å². The smallest absolute Gasteiger partial charge is 0.258 e. The fourth-order valence-electron chi connectivity index (χ4n) is 6.38. The van der Waals surface area contributed by atoms with Crippen LogP contribution in [-0.4, -0.2) is 46.3 Å². The van der Waals surface area contributed by atoms with E-state index in [-0.39, 0.29) is 57.2 Å². The topological polar surface area (TPSA) is 159 Å². The summed E-state index contributed by atoms with van der Waals surface area (Å²) in [4.78, 5) is 53.9. The number of ether oxygens (including phenoxy) is 3. The van der Waals surface area contributed by atoms with Gasteiger partial charge >= 0.3 is 0 Å². The third kappa shape index (κ3) is 3.37. The molecule has 3 aliphatic rings. The SMILES string of the molecule is COc1cc(OC)c2c(c1Cl)OC1(C(=O)C3=C(CC1C)Nc1nc(N)[nH]c(=O)c1C3c1ccc3ncccc3c1)C2=O. The van der Waals surface area contributed by atoms with E-state index >= 15 is 0 Å². The van der Waals surface area contributed by atoms with Crippen molar-refractivity contribution in [2.75, 3.05) is 25.3 Å². The summed E-state index contributed by atoms with van der Waals surface area (Å²) in [5.74, 6) is -2.06. The molecule has 3 unspecified atom stereocenters. The van der Waals surface area contributed by atoms with Gasteiger partial charge in [-0.1, -0.05) is 30.7 Å². The largest absolute Gasteiger partial charge is 0.496 e. The van der Waals surface area contributed by atoms with Crippen molar-refractivity contribution in [1.82, 2.24) is 15.0 Å². The Hall–Kier alpha value is -4.90. The molecule has 4 heterocycles. The van der Waals surface area contributed by atoms with Gasteiger partial charge in [0.05, 0.1) is 25.3 Å². The molecular formula is C30H24ClN5O6. The molecule has 12 heteroatoms. The maximum atomic E-state index is 14.8. The van der Waals surface area contributed by atoms with Gasteiger partial charge in [0, 0.05) is 40.8 Å². The van der Waals surface area contributed by atoms with Crippen molar-refractivity contribution in [1.29, 1.82) is 0 Å². The van der Waals surface area contributed by atoms with Crippen LogP contribution in [0.3, 0.4) is 0 Å². The standard InChI is InChI=1S/C30H24ClN5O6/c1-12-9-16-20(25(37)30(12)26(38)21-17(40-2)11-18(41-3)23(31)24(21)42-30)19(22-27(34-16)35-29(32)36-28(22)39)14-6-7-15-13(10-14)5-4-8-33-15/h4-8,10-12,19H,9H2,1-3H3,(H4,32,34,35,36,39). The number of aromatic nitrogens is 3. The second kappa shape index (κ2) is 9.05. The van der Waals surface area contributed by atoms with Crippen LogP contribution in [0.4, 0.5) is 11.8 Å². The summed E-state index contributed by atoms with van der Waals surface area (Å²) in [6.07, 6.45) is 1.92. The first kappa shape index (κ1) is 26.0. The number of H-pyrrole nitrogens is 1. The molecule has 7 rings (SSSR count). The second-order valence-electron chi connectivity index (χ2n) is 10.5. The number of aromatic amines is 1. The lowest BCUT2D eigenvalue weighted by Gasteiger charge is -2.42. The molecule has 0 saturated carbocycles. The Balaban J connectivity index is 1.46. The van der Waals surface area contributed by atoms with Crippen molar-refractivity contribution >= 4 is 45.8 Å². The number of fused-ring (bicyclic) bond motifs is 3. The summed E-state index contributed by atoms with van der Waals surface area (Å²) in [6, 6.07) is 10.7. The molecule has 11 nitrogen and oxygen atoms in total. The molecule has 4 N–H and O–H groups in total. The zero-order chi connectivity index (χ0) is 29.5. The fourth-order valence-corrected chi connectivity index (χ4v) is 6.64. The van der Waals surface area contributed by atoms with Gasteiger partial charge in [0.25, 0.3) is 5.56 Å². The molecule has 4 aromatic rings. The number of carbonyl (C=O) groups is 2. The number of allylic oxidation sites excluding steroid dienone is 1. The van der Waals surface area contributed by atoms with Crippen molar-refractivity contribution in [2.24, 2.45) is 5.92 Å². The molecule has 0 saturated heterocycles. The molecule has 0 bridgehead atoms. The van der Waals surface area contributed by atoms with Crippen LogP contribution in [-0.2, 0) is 4.79 Å².